The molecule has 2 heterocycles. The number of amides is 1. The predicted molar refractivity (Wildman–Crippen MR) is 64.2 cm³/mol. The third-order valence-corrected chi connectivity index (χ3v) is 3.56. The highest BCUT2D eigenvalue weighted by atomic mass is 79.9. The number of nitrogens with zero attached hydrogens (tertiary/aromatic N) is 3. The van der Waals surface area contributed by atoms with E-state index in [2.05, 4.69) is 31.1 Å². The maximum Gasteiger partial charge on any atom is 0.291 e. The Kier molecular flexibility index (Phi) is 3.35. The van der Waals surface area contributed by atoms with Gasteiger partial charge < -0.3 is 4.90 Å². The van der Waals surface area contributed by atoms with Crippen molar-refractivity contribution < 1.29 is 4.79 Å². The number of thiophene rings is 1. The van der Waals surface area contributed by atoms with Crippen LogP contribution in [0.25, 0.3) is 0 Å². The molecule has 2 aromatic heterocycles. The van der Waals surface area contributed by atoms with E-state index in [0.717, 1.165) is 9.35 Å². The van der Waals surface area contributed by atoms with Crippen LogP contribution in [0.1, 0.15) is 16.2 Å². The highest BCUT2D eigenvalue weighted by Crippen LogP contribution is 2.21. The minimum Gasteiger partial charge on any atom is -0.335 e. The Labute approximate surface area is 105 Å². The lowest BCUT2D eigenvalue weighted by molar-refractivity contribution is 0.0773. The largest absolute Gasteiger partial charge is 0.335 e. The van der Waals surface area contributed by atoms with Gasteiger partial charge in [0, 0.05) is 13.6 Å². The molecule has 0 saturated carbocycles. The number of rotatable bonds is 3. The Morgan fingerprint density at radius 1 is 1.69 bits per heavy atom. The first-order chi connectivity index (χ1) is 7.66. The van der Waals surface area contributed by atoms with Gasteiger partial charge in [0.25, 0.3) is 5.91 Å². The molecule has 0 unspecified atom stereocenters. The molecule has 0 atom stereocenters. The SMILES string of the molecule is CN(Cc1csc(Br)c1)C(=O)c1ncn[nH]1. The summed E-state index contributed by atoms with van der Waals surface area (Å²) in [5.74, 6) is 0.0941. The fourth-order valence-electron chi connectivity index (χ4n) is 1.26. The fourth-order valence-corrected chi connectivity index (χ4v) is 2.46. The second-order valence-electron chi connectivity index (χ2n) is 3.25. The third kappa shape index (κ3) is 2.48. The van der Waals surface area contributed by atoms with Gasteiger partial charge in [-0.1, -0.05) is 0 Å². The summed E-state index contributed by atoms with van der Waals surface area (Å²) in [7, 11) is 1.73. The molecule has 0 aliphatic heterocycles. The third-order valence-electron chi connectivity index (χ3n) is 2.01. The topological polar surface area (TPSA) is 61.9 Å². The highest BCUT2D eigenvalue weighted by molar-refractivity contribution is 9.11. The summed E-state index contributed by atoms with van der Waals surface area (Å²) in [5, 5.41) is 8.21. The first-order valence-electron chi connectivity index (χ1n) is 4.50. The van der Waals surface area contributed by atoms with E-state index < -0.39 is 0 Å². The first kappa shape index (κ1) is 11.3. The van der Waals surface area contributed by atoms with Crippen molar-refractivity contribution in [2.75, 3.05) is 7.05 Å². The van der Waals surface area contributed by atoms with E-state index in [9.17, 15) is 4.79 Å². The van der Waals surface area contributed by atoms with Crippen molar-refractivity contribution in [1.29, 1.82) is 0 Å². The van der Waals surface area contributed by atoms with E-state index in [1.165, 1.54) is 6.33 Å². The molecule has 0 saturated heterocycles. The van der Waals surface area contributed by atoms with Crippen LogP contribution in [0.15, 0.2) is 21.6 Å². The quantitative estimate of drug-likeness (QED) is 0.942. The first-order valence-corrected chi connectivity index (χ1v) is 6.18. The minimum atomic E-state index is -0.167. The van der Waals surface area contributed by atoms with Gasteiger partial charge in [0.15, 0.2) is 0 Å². The molecule has 5 nitrogen and oxygen atoms in total. The van der Waals surface area contributed by atoms with Crippen molar-refractivity contribution in [3.63, 3.8) is 0 Å². The van der Waals surface area contributed by atoms with Crippen LogP contribution in [0, 0.1) is 0 Å². The average molecular weight is 301 g/mol. The molecule has 7 heteroatoms. The van der Waals surface area contributed by atoms with Crippen molar-refractivity contribution in [2.45, 2.75) is 6.54 Å². The number of hydrogen-bond donors (Lipinski definition) is 1. The molecule has 0 aliphatic carbocycles. The number of carbonyl (C=O) groups is 1. The molecule has 0 bridgehead atoms. The molecule has 0 spiro atoms. The Balaban J connectivity index is 2.03. The van der Waals surface area contributed by atoms with Gasteiger partial charge >= 0.3 is 0 Å². The molecule has 0 fully saturated rings. The number of halogens is 1. The predicted octanol–water partition coefficient (Wildman–Crippen LogP) is 1.90. The number of nitrogens with one attached hydrogen (secondary N) is 1. The van der Waals surface area contributed by atoms with Gasteiger partial charge in [0.2, 0.25) is 5.82 Å². The van der Waals surface area contributed by atoms with E-state index in [0.29, 0.717) is 6.54 Å². The zero-order valence-electron chi connectivity index (χ0n) is 8.48. The van der Waals surface area contributed by atoms with Crippen LogP contribution in [0.4, 0.5) is 0 Å². The molecule has 0 radical (unpaired) electrons. The second-order valence-corrected chi connectivity index (χ2v) is 5.54. The van der Waals surface area contributed by atoms with Gasteiger partial charge in [-0.3, -0.25) is 9.89 Å². The second kappa shape index (κ2) is 4.75. The number of aromatic amines is 1. The Hall–Kier alpha value is -1.21. The van der Waals surface area contributed by atoms with Crippen molar-refractivity contribution in [1.82, 2.24) is 20.1 Å². The maximum atomic E-state index is 11.8. The lowest BCUT2D eigenvalue weighted by Crippen LogP contribution is -2.27. The molecule has 0 aromatic carbocycles. The minimum absolute atomic E-state index is 0.167. The zero-order chi connectivity index (χ0) is 11.5. The monoisotopic (exact) mass is 300 g/mol. The van der Waals surface area contributed by atoms with Crippen LogP contribution >= 0.6 is 27.3 Å². The summed E-state index contributed by atoms with van der Waals surface area (Å²) in [5.41, 5.74) is 1.09. The van der Waals surface area contributed by atoms with Crippen molar-refractivity contribution in [3.05, 3.63) is 32.9 Å². The van der Waals surface area contributed by atoms with Gasteiger partial charge in [-0.25, -0.2) is 4.98 Å². The zero-order valence-corrected chi connectivity index (χ0v) is 10.9. The summed E-state index contributed by atoms with van der Waals surface area (Å²) in [6.45, 7) is 0.557. The average Bonchev–Trinajstić information content (AvgIpc) is 2.88. The van der Waals surface area contributed by atoms with Crippen LogP contribution in [0.3, 0.4) is 0 Å². The number of aromatic nitrogens is 3. The van der Waals surface area contributed by atoms with Crippen LogP contribution in [-0.4, -0.2) is 33.0 Å². The van der Waals surface area contributed by atoms with E-state index in [4.69, 9.17) is 0 Å². The normalized spacial score (nSPS) is 10.4. The van der Waals surface area contributed by atoms with Gasteiger partial charge in [-0.05, 0) is 32.9 Å². The molecule has 2 rings (SSSR count). The summed E-state index contributed by atoms with van der Waals surface area (Å²) >= 11 is 4.98. The van der Waals surface area contributed by atoms with Crippen LogP contribution < -0.4 is 0 Å². The number of carbonyl (C=O) groups excluding carboxylic acids is 1. The lowest BCUT2D eigenvalue weighted by atomic mass is 10.3. The van der Waals surface area contributed by atoms with Gasteiger partial charge in [-0.2, -0.15) is 5.10 Å². The summed E-state index contributed by atoms with van der Waals surface area (Å²) in [4.78, 5) is 17.2. The van der Waals surface area contributed by atoms with Crippen molar-refractivity contribution >= 4 is 33.2 Å². The molecule has 1 N–H and O–H groups in total. The molecule has 2 aromatic rings. The van der Waals surface area contributed by atoms with E-state index in [-0.39, 0.29) is 11.7 Å². The molecule has 0 aliphatic rings. The van der Waals surface area contributed by atoms with Crippen LogP contribution in [-0.2, 0) is 6.54 Å². The smallest absolute Gasteiger partial charge is 0.291 e. The molecule has 84 valence electrons. The van der Waals surface area contributed by atoms with Gasteiger partial charge in [0.1, 0.15) is 6.33 Å². The Bertz CT molecular complexity index is 481. The van der Waals surface area contributed by atoms with Crippen molar-refractivity contribution in [2.24, 2.45) is 0 Å². The number of H-pyrrole nitrogens is 1. The highest BCUT2D eigenvalue weighted by Gasteiger charge is 2.14. The van der Waals surface area contributed by atoms with E-state index in [1.54, 1.807) is 23.3 Å². The molecule has 1 amide bonds. The standard InChI is InChI=1S/C9H9BrN4OS/c1-14(3-6-2-7(10)16-4-6)9(15)8-11-5-12-13-8/h2,4-5H,3H2,1H3,(H,11,12,13). The van der Waals surface area contributed by atoms with Gasteiger partial charge in [-0.15, -0.1) is 11.3 Å². The summed E-state index contributed by atoms with van der Waals surface area (Å²) in [6, 6.07) is 1.99. The maximum absolute atomic E-state index is 11.8. The number of hydrogen-bond acceptors (Lipinski definition) is 4. The molecular weight excluding hydrogens is 292 g/mol. The Morgan fingerprint density at radius 3 is 3.06 bits per heavy atom. The fraction of sp³-hybridized carbons (Fsp3) is 0.222. The van der Waals surface area contributed by atoms with E-state index >= 15 is 0 Å². The summed E-state index contributed by atoms with van der Waals surface area (Å²) < 4.78 is 1.06. The van der Waals surface area contributed by atoms with E-state index in [1.807, 2.05) is 11.4 Å². The lowest BCUT2D eigenvalue weighted by Gasteiger charge is -2.14. The molecular formula is C9H9BrN4OS. The van der Waals surface area contributed by atoms with Crippen LogP contribution in [0.2, 0.25) is 0 Å². The van der Waals surface area contributed by atoms with Crippen molar-refractivity contribution in [3.8, 4) is 0 Å². The van der Waals surface area contributed by atoms with Crippen LogP contribution in [0.5, 0.6) is 0 Å². The van der Waals surface area contributed by atoms with Gasteiger partial charge in [0.05, 0.1) is 3.79 Å². The molecule has 16 heavy (non-hydrogen) atoms. The Morgan fingerprint density at radius 2 is 2.50 bits per heavy atom. The summed E-state index contributed by atoms with van der Waals surface area (Å²) in [6.07, 6.45) is 1.32.